The molecule has 0 saturated carbocycles. The van der Waals surface area contributed by atoms with E-state index in [-0.39, 0.29) is 5.41 Å². The number of allylic oxidation sites excluding steroid dienone is 2. The highest BCUT2D eigenvalue weighted by molar-refractivity contribution is 5.80. The number of pyridine rings is 1. The standard InChI is InChI=1S/C20H22N2O/c1-22(2)15-9-12-21-17(13-15)16-6-4-10-20(16)11-8-14-5-3-7-18(23)19(14)20/h3,5-7,9,12-13,23H,4,8,10-11H2,1-2H3. The number of aromatic nitrogens is 1. The quantitative estimate of drug-likeness (QED) is 0.913. The lowest BCUT2D eigenvalue weighted by molar-refractivity contribution is 0.444. The topological polar surface area (TPSA) is 36.4 Å². The molecule has 2 aromatic rings. The highest BCUT2D eigenvalue weighted by Crippen LogP contribution is 2.56. The number of hydrogen-bond acceptors (Lipinski definition) is 3. The number of phenolic OH excluding ortho intramolecular Hbond substituents is 1. The van der Waals surface area contributed by atoms with Gasteiger partial charge in [-0.05, 0) is 55.0 Å². The van der Waals surface area contributed by atoms with Crippen LogP contribution in [0, 0.1) is 0 Å². The molecule has 1 N–H and O–H groups in total. The summed E-state index contributed by atoms with van der Waals surface area (Å²) in [6, 6.07) is 10.1. The van der Waals surface area contributed by atoms with E-state index < -0.39 is 0 Å². The Labute approximate surface area is 137 Å². The molecule has 1 aromatic heterocycles. The van der Waals surface area contributed by atoms with E-state index in [1.54, 1.807) is 0 Å². The Morgan fingerprint density at radius 3 is 2.87 bits per heavy atom. The summed E-state index contributed by atoms with van der Waals surface area (Å²) >= 11 is 0. The monoisotopic (exact) mass is 306 g/mol. The van der Waals surface area contributed by atoms with Crippen molar-refractivity contribution in [1.29, 1.82) is 0 Å². The molecule has 0 aliphatic heterocycles. The zero-order chi connectivity index (χ0) is 16.0. The number of nitrogens with zero attached hydrogens (tertiary/aromatic N) is 2. The van der Waals surface area contributed by atoms with Crippen LogP contribution in [0.5, 0.6) is 5.75 Å². The van der Waals surface area contributed by atoms with Gasteiger partial charge in [-0.25, -0.2) is 0 Å². The molecule has 0 saturated heterocycles. The number of hydrogen-bond donors (Lipinski definition) is 1. The molecule has 1 unspecified atom stereocenters. The van der Waals surface area contributed by atoms with Crippen LogP contribution in [0.25, 0.3) is 5.57 Å². The largest absolute Gasteiger partial charge is 0.508 e. The van der Waals surface area contributed by atoms with Crippen molar-refractivity contribution in [2.45, 2.75) is 31.1 Å². The maximum atomic E-state index is 10.5. The third-order valence-corrected chi connectivity index (χ3v) is 5.40. The molecule has 0 fully saturated rings. The molecule has 1 atom stereocenters. The minimum absolute atomic E-state index is 0.0569. The summed E-state index contributed by atoms with van der Waals surface area (Å²) in [5.41, 5.74) is 5.88. The van der Waals surface area contributed by atoms with Crippen molar-refractivity contribution in [1.82, 2.24) is 4.98 Å². The lowest BCUT2D eigenvalue weighted by Gasteiger charge is -2.30. The smallest absolute Gasteiger partial charge is 0.119 e. The average Bonchev–Trinajstić information content (AvgIpc) is 3.14. The summed E-state index contributed by atoms with van der Waals surface area (Å²) in [5, 5.41) is 10.5. The van der Waals surface area contributed by atoms with Crippen LogP contribution in [-0.4, -0.2) is 24.2 Å². The van der Waals surface area contributed by atoms with Crippen molar-refractivity contribution in [3.8, 4) is 5.75 Å². The Morgan fingerprint density at radius 2 is 2.04 bits per heavy atom. The van der Waals surface area contributed by atoms with Crippen molar-refractivity contribution < 1.29 is 5.11 Å². The van der Waals surface area contributed by atoms with Gasteiger partial charge in [-0.1, -0.05) is 18.2 Å². The van der Waals surface area contributed by atoms with Crippen LogP contribution in [0.2, 0.25) is 0 Å². The predicted octanol–water partition coefficient (Wildman–Crippen LogP) is 3.91. The molecule has 3 nitrogen and oxygen atoms in total. The van der Waals surface area contributed by atoms with Crippen molar-refractivity contribution in [2.24, 2.45) is 0 Å². The van der Waals surface area contributed by atoms with Crippen LogP contribution in [0.4, 0.5) is 5.69 Å². The fourth-order valence-corrected chi connectivity index (χ4v) is 4.33. The first kappa shape index (κ1) is 14.3. The van der Waals surface area contributed by atoms with Crippen LogP contribution >= 0.6 is 0 Å². The van der Waals surface area contributed by atoms with Crippen LogP contribution in [0.15, 0.2) is 42.6 Å². The van der Waals surface area contributed by atoms with E-state index >= 15 is 0 Å². The zero-order valence-electron chi connectivity index (χ0n) is 13.7. The molecule has 118 valence electrons. The van der Waals surface area contributed by atoms with Gasteiger partial charge in [0, 0.05) is 37.0 Å². The number of phenols is 1. The second-order valence-corrected chi connectivity index (χ2v) is 6.84. The van der Waals surface area contributed by atoms with Crippen LogP contribution in [-0.2, 0) is 11.8 Å². The summed E-state index contributed by atoms with van der Waals surface area (Å²) in [7, 11) is 4.10. The molecule has 0 amide bonds. The second kappa shape index (κ2) is 5.12. The molecule has 1 spiro atoms. The minimum Gasteiger partial charge on any atom is -0.508 e. The molecule has 1 heterocycles. The SMILES string of the molecule is CN(C)c1ccnc(C2=CCCC23CCc2cccc(O)c23)c1. The van der Waals surface area contributed by atoms with Gasteiger partial charge >= 0.3 is 0 Å². The molecule has 3 heteroatoms. The fourth-order valence-electron chi connectivity index (χ4n) is 4.33. The highest BCUT2D eigenvalue weighted by Gasteiger charge is 2.46. The summed E-state index contributed by atoms with van der Waals surface area (Å²) in [4.78, 5) is 6.75. The van der Waals surface area contributed by atoms with Gasteiger partial charge in [0.1, 0.15) is 5.75 Å². The van der Waals surface area contributed by atoms with Gasteiger partial charge in [0.15, 0.2) is 0 Å². The van der Waals surface area contributed by atoms with Gasteiger partial charge in [0.05, 0.1) is 5.69 Å². The number of fused-ring (bicyclic) bond motifs is 2. The number of aryl methyl sites for hydroxylation is 1. The second-order valence-electron chi connectivity index (χ2n) is 6.84. The fraction of sp³-hybridized carbons (Fsp3) is 0.350. The summed E-state index contributed by atoms with van der Waals surface area (Å²) in [6.07, 6.45) is 8.44. The van der Waals surface area contributed by atoms with E-state index in [1.807, 2.05) is 24.4 Å². The first-order valence-electron chi connectivity index (χ1n) is 8.27. The van der Waals surface area contributed by atoms with E-state index in [4.69, 9.17) is 0 Å². The van der Waals surface area contributed by atoms with E-state index in [0.29, 0.717) is 5.75 Å². The highest BCUT2D eigenvalue weighted by atomic mass is 16.3. The Kier molecular flexibility index (Phi) is 3.19. The Balaban J connectivity index is 1.85. The lowest BCUT2D eigenvalue weighted by atomic mass is 9.74. The van der Waals surface area contributed by atoms with Crippen LogP contribution in [0.1, 0.15) is 36.1 Å². The molecule has 1 aromatic carbocycles. The van der Waals surface area contributed by atoms with Crippen molar-refractivity contribution >= 4 is 11.3 Å². The van der Waals surface area contributed by atoms with Gasteiger partial charge in [-0.2, -0.15) is 0 Å². The van der Waals surface area contributed by atoms with Crippen molar-refractivity contribution in [3.05, 3.63) is 59.4 Å². The van der Waals surface area contributed by atoms with Crippen molar-refractivity contribution in [2.75, 3.05) is 19.0 Å². The van der Waals surface area contributed by atoms with Gasteiger partial charge in [0.25, 0.3) is 0 Å². The predicted molar refractivity (Wildman–Crippen MR) is 93.9 cm³/mol. The third kappa shape index (κ3) is 2.07. The number of benzene rings is 1. The zero-order valence-corrected chi connectivity index (χ0v) is 13.7. The first-order chi connectivity index (χ1) is 11.1. The number of aromatic hydroxyl groups is 1. The molecule has 2 aliphatic carbocycles. The molecule has 0 bridgehead atoms. The lowest BCUT2D eigenvalue weighted by Crippen LogP contribution is -2.22. The Bertz CT molecular complexity index is 794. The maximum Gasteiger partial charge on any atom is 0.119 e. The number of rotatable bonds is 2. The number of anilines is 1. The van der Waals surface area contributed by atoms with Crippen LogP contribution in [0.3, 0.4) is 0 Å². The molecule has 2 aliphatic rings. The van der Waals surface area contributed by atoms with Crippen molar-refractivity contribution in [3.63, 3.8) is 0 Å². The first-order valence-corrected chi connectivity index (χ1v) is 8.27. The van der Waals surface area contributed by atoms with E-state index in [2.05, 4.69) is 42.2 Å². The summed E-state index contributed by atoms with van der Waals surface area (Å²) in [6.45, 7) is 0. The molecular formula is C20H22N2O. The third-order valence-electron chi connectivity index (χ3n) is 5.40. The molecule has 0 radical (unpaired) electrons. The maximum absolute atomic E-state index is 10.5. The normalized spacial score (nSPS) is 22.3. The molecule has 23 heavy (non-hydrogen) atoms. The van der Waals surface area contributed by atoms with Gasteiger partial charge in [0.2, 0.25) is 0 Å². The average molecular weight is 306 g/mol. The van der Waals surface area contributed by atoms with Gasteiger partial charge in [-0.3, -0.25) is 4.98 Å². The Morgan fingerprint density at radius 1 is 1.17 bits per heavy atom. The van der Waals surface area contributed by atoms with E-state index in [1.165, 1.54) is 11.1 Å². The van der Waals surface area contributed by atoms with Gasteiger partial charge in [-0.15, -0.1) is 0 Å². The molecule has 4 rings (SSSR count). The summed E-state index contributed by atoms with van der Waals surface area (Å²) < 4.78 is 0. The van der Waals surface area contributed by atoms with Crippen LogP contribution < -0.4 is 4.90 Å². The molecular weight excluding hydrogens is 284 g/mol. The van der Waals surface area contributed by atoms with E-state index in [9.17, 15) is 5.11 Å². The van der Waals surface area contributed by atoms with E-state index in [0.717, 1.165) is 42.6 Å². The summed E-state index contributed by atoms with van der Waals surface area (Å²) in [5.74, 6) is 0.441. The Hall–Kier alpha value is -2.29. The minimum atomic E-state index is -0.0569. The van der Waals surface area contributed by atoms with Gasteiger partial charge < -0.3 is 10.0 Å².